The molecule has 0 atom stereocenters. The van der Waals surface area contributed by atoms with Crippen LogP contribution in [0, 0.1) is 0 Å². The van der Waals surface area contributed by atoms with Crippen LogP contribution in [0.2, 0.25) is 0 Å². The third-order valence-corrected chi connectivity index (χ3v) is 2.93. The summed E-state index contributed by atoms with van der Waals surface area (Å²) >= 11 is 3.22. The molecule has 1 aromatic carbocycles. The zero-order chi connectivity index (χ0) is 13.8. The third-order valence-electron chi connectivity index (χ3n) is 2.47. The van der Waals surface area contributed by atoms with Gasteiger partial charge in [0.2, 0.25) is 0 Å². The molecule has 1 amide bonds. The number of carbonyl (C=O) groups excluding carboxylic acids is 1. The molecule has 0 fully saturated rings. The molecule has 1 heterocycles. The monoisotopic (exact) mass is 322 g/mol. The lowest BCUT2D eigenvalue weighted by molar-refractivity contribution is 0.102. The Bertz CT molecular complexity index is 667. The number of aromatic amines is 1. The molecular weight excluding hydrogens is 312 g/mol. The highest BCUT2D eigenvalue weighted by Gasteiger charge is 2.13. The molecular formula is C13H11BrN2O3. The van der Waals surface area contributed by atoms with Crippen molar-refractivity contribution in [3.8, 4) is 5.75 Å². The lowest BCUT2D eigenvalue weighted by Crippen LogP contribution is -2.20. The summed E-state index contributed by atoms with van der Waals surface area (Å²) in [6.07, 6.45) is 1.50. The van der Waals surface area contributed by atoms with E-state index in [2.05, 4.69) is 26.2 Å². The van der Waals surface area contributed by atoms with Crippen LogP contribution in [-0.2, 0) is 0 Å². The topological polar surface area (TPSA) is 71.2 Å². The maximum atomic E-state index is 12.1. The van der Waals surface area contributed by atoms with Gasteiger partial charge in [0.15, 0.2) is 0 Å². The number of hydrogen-bond donors (Lipinski definition) is 2. The molecule has 0 spiro atoms. The average molecular weight is 323 g/mol. The zero-order valence-corrected chi connectivity index (χ0v) is 11.7. The molecule has 0 aliphatic carbocycles. The van der Waals surface area contributed by atoms with Crippen LogP contribution in [0.1, 0.15) is 10.4 Å². The molecule has 6 heteroatoms. The van der Waals surface area contributed by atoms with Gasteiger partial charge >= 0.3 is 0 Å². The first-order chi connectivity index (χ1) is 9.11. The van der Waals surface area contributed by atoms with E-state index in [-0.39, 0.29) is 11.2 Å². The highest BCUT2D eigenvalue weighted by molar-refractivity contribution is 9.10. The number of aromatic nitrogens is 1. The number of pyridine rings is 1. The van der Waals surface area contributed by atoms with Gasteiger partial charge in [-0.05, 0) is 34.1 Å². The van der Waals surface area contributed by atoms with Crippen molar-refractivity contribution >= 4 is 27.5 Å². The first kappa shape index (κ1) is 13.4. The number of carbonyl (C=O) groups is 1. The van der Waals surface area contributed by atoms with Gasteiger partial charge in [0.05, 0.1) is 12.7 Å². The van der Waals surface area contributed by atoms with Gasteiger partial charge in [-0.1, -0.05) is 12.1 Å². The van der Waals surface area contributed by atoms with Crippen LogP contribution in [0.25, 0.3) is 0 Å². The number of nitrogens with one attached hydrogen (secondary N) is 2. The number of halogens is 1. The molecule has 19 heavy (non-hydrogen) atoms. The summed E-state index contributed by atoms with van der Waals surface area (Å²) < 4.78 is 5.77. The Kier molecular flexibility index (Phi) is 4.01. The van der Waals surface area contributed by atoms with E-state index in [0.29, 0.717) is 15.8 Å². The summed E-state index contributed by atoms with van der Waals surface area (Å²) in [6, 6.07) is 8.33. The Morgan fingerprint density at radius 3 is 2.84 bits per heavy atom. The van der Waals surface area contributed by atoms with Gasteiger partial charge in [-0.2, -0.15) is 0 Å². The van der Waals surface area contributed by atoms with Gasteiger partial charge in [-0.3, -0.25) is 9.59 Å². The van der Waals surface area contributed by atoms with E-state index in [4.69, 9.17) is 4.74 Å². The number of methoxy groups -OCH3 is 1. The van der Waals surface area contributed by atoms with Gasteiger partial charge in [0.25, 0.3) is 11.5 Å². The number of benzene rings is 1. The molecule has 0 saturated heterocycles. The van der Waals surface area contributed by atoms with Crippen molar-refractivity contribution < 1.29 is 9.53 Å². The number of rotatable bonds is 3. The average Bonchev–Trinajstić information content (AvgIpc) is 2.42. The lowest BCUT2D eigenvalue weighted by Gasteiger charge is -2.08. The highest BCUT2D eigenvalue weighted by atomic mass is 79.9. The molecule has 2 N–H and O–H groups in total. The molecule has 98 valence electrons. The fraction of sp³-hybridized carbons (Fsp3) is 0.0769. The van der Waals surface area contributed by atoms with Gasteiger partial charge in [-0.15, -0.1) is 0 Å². The van der Waals surface area contributed by atoms with Crippen molar-refractivity contribution in [2.24, 2.45) is 0 Å². The normalized spacial score (nSPS) is 10.0. The van der Waals surface area contributed by atoms with Crippen molar-refractivity contribution in [2.75, 3.05) is 12.4 Å². The predicted molar refractivity (Wildman–Crippen MR) is 75.7 cm³/mol. The molecule has 0 aliphatic heterocycles. The second-order valence-electron chi connectivity index (χ2n) is 3.72. The number of H-pyrrole nitrogens is 1. The van der Waals surface area contributed by atoms with Crippen molar-refractivity contribution in [1.29, 1.82) is 0 Å². The maximum Gasteiger partial charge on any atom is 0.271 e. The molecule has 0 saturated carbocycles. The van der Waals surface area contributed by atoms with Crippen LogP contribution in [0.5, 0.6) is 5.75 Å². The lowest BCUT2D eigenvalue weighted by atomic mass is 10.2. The predicted octanol–water partition coefficient (Wildman–Crippen LogP) is 2.40. The number of para-hydroxylation sites is 1. The minimum absolute atomic E-state index is 0.172. The molecule has 2 rings (SSSR count). The Morgan fingerprint density at radius 1 is 1.37 bits per heavy atom. The quantitative estimate of drug-likeness (QED) is 0.911. The van der Waals surface area contributed by atoms with Gasteiger partial charge < -0.3 is 15.0 Å². The van der Waals surface area contributed by atoms with Gasteiger partial charge in [-0.25, -0.2) is 0 Å². The zero-order valence-electron chi connectivity index (χ0n) is 10.1. The fourth-order valence-electron chi connectivity index (χ4n) is 1.57. The van der Waals surface area contributed by atoms with E-state index in [0.717, 1.165) is 0 Å². The minimum atomic E-state index is -0.402. The van der Waals surface area contributed by atoms with E-state index in [1.807, 2.05) is 0 Å². The first-order valence-electron chi connectivity index (χ1n) is 5.44. The van der Waals surface area contributed by atoms with E-state index in [1.165, 1.54) is 19.4 Å². The second kappa shape index (κ2) is 5.71. The third kappa shape index (κ3) is 3.03. The summed E-state index contributed by atoms with van der Waals surface area (Å²) in [5, 5.41) is 2.55. The Morgan fingerprint density at radius 2 is 2.11 bits per heavy atom. The molecule has 0 aliphatic rings. The van der Waals surface area contributed by atoms with E-state index in [1.54, 1.807) is 24.3 Å². The van der Waals surface area contributed by atoms with E-state index >= 15 is 0 Å². The number of ether oxygens (including phenoxy) is 1. The van der Waals surface area contributed by atoms with Gasteiger partial charge in [0.1, 0.15) is 11.4 Å². The summed E-state index contributed by atoms with van der Waals surface area (Å²) in [7, 11) is 1.48. The summed E-state index contributed by atoms with van der Waals surface area (Å²) in [5.74, 6) is 0.0486. The molecule has 0 radical (unpaired) electrons. The van der Waals surface area contributed by atoms with Crippen LogP contribution < -0.4 is 15.6 Å². The van der Waals surface area contributed by atoms with Crippen LogP contribution >= 0.6 is 15.9 Å². The smallest absolute Gasteiger partial charge is 0.271 e. The Hall–Kier alpha value is -2.08. The molecule has 0 unspecified atom stereocenters. The standard InChI is InChI=1S/C13H11BrN2O3/c1-19-11-5-3-2-4-9(11)12(17)16-10-6-8(14)7-15-13(10)18/h2-7H,1H3,(H,15,18)(H,16,17). The van der Waals surface area contributed by atoms with E-state index < -0.39 is 5.91 Å². The number of hydrogen-bond acceptors (Lipinski definition) is 3. The van der Waals surface area contributed by atoms with Crippen LogP contribution in [0.3, 0.4) is 0 Å². The Labute approximate surface area is 117 Å². The van der Waals surface area contributed by atoms with Crippen LogP contribution in [0.15, 0.2) is 45.8 Å². The molecule has 0 bridgehead atoms. The number of amides is 1. The highest BCUT2D eigenvalue weighted by Crippen LogP contribution is 2.19. The number of anilines is 1. The summed E-state index contributed by atoms with van der Waals surface area (Å²) in [6.45, 7) is 0. The van der Waals surface area contributed by atoms with Crippen molar-refractivity contribution in [1.82, 2.24) is 4.98 Å². The largest absolute Gasteiger partial charge is 0.496 e. The van der Waals surface area contributed by atoms with Crippen LogP contribution in [0.4, 0.5) is 5.69 Å². The minimum Gasteiger partial charge on any atom is -0.496 e. The summed E-state index contributed by atoms with van der Waals surface area (Å²) in [4.78, 5) is 26.2. The summed E-state index contributed by atoms with van der Waals surface area (Å²) in [5.41, 5.74) is 0.168. The van der Waals surface area contributed by atoms with Crippen molar-refractivity contribution in [3.63, 3.8) is 0 Å². The molecule has 5 nitrogen and oxygen atoms in total. The maximum absolute atomic E-state index is 12.1. The van der Waals surface area contributed by atoms with E-state index in [9.17, 15) is 9.59 Å². The van der Waals surface area contributed by atoms with Gasteiger partial charge in [0, 0.05) is 10.7 Å². The molecule has 2 aromatic rings. The fourth-order valence-corrected chi connectivity index (χ4v) is 1.92. The van der Waals surface area contributed by atoms with Crippen molar-refractivity contribution in [2.45, 2.75) is 0 Å². The second-order valence-corrected chi connectivity index (χ2v) is 4.63. The molecule has 1 aromatic heterocycles. The SMILES string of the molecule is COc1ccccc1C(=O)Nc1cc(Br)c[nH]c1=O. The van der Waals surface area contributed by atoms with Crippen molar-refractivity contribution in [3.05, 3.63) is 56.9 Å². The van der Waals surface area contributed by atoms with Crippen LogP contribution in [-0.4, -0.2) is 18.0 Å². The first-order valence-corrected chi connectivity index (χ1v) is 6.23. The Balaban J connectivity index is 2.31.